The number of piperidine rings is 1. The van der Waals surface area contributed by atoms with Gasteiger partial charge in [0.05, 0.1) is 11.3 Å². The molecule has 0 spiro atoms. The Kier molecular flexibility index (Phi) is 5.79. The minimum atomic E-state index is -0.358. The summed E-state index contributed by atoms with van der Waals surface area (Å²) >= 11 is 0. The number of halogens is 1. The van der Waals surface area contributed by atoms with Gasteiger partial charge in [-0.15, -0.1) is 0 Å². The molecule has 0 atom stereocenters. The number of hydrogen-bond donors (Lipinski definition) is 1. The summed E-state index contributed by atoms with van der Waals surface area (Å²) in [6, 6.07) is 9.19. The average molecular weight is 422 g/mol. The lowest BCUT2D eigenvalue weighted by molar-refractivity contribution is 0.0709. The van der Waals surface area contributed by atoms with E-state index < -0.39 is 0 Å². The molecule has 3 heterocycles. The van der Waals surface area contributed by atoms with Crippen molar-refractivity contribution >= 4 is 17.5 Å². The quantitative estimate of drug-likeness (QED) is 0.684. The monoisotopic (exact) mass is 422 g/mol. The zero-order chi connectivity index (χ0) is 22.0. The number of rotatable bonds is 4. The van der Waals surface area contributed by atoms with Gasteiger partial charge in [-0.2, -0.15) is 0 Å². The first-order valence-corrected chi connectivity index (χ1v) is 10.2. The van der Waals surface area contributed by atoms with Crippen LogP contribution in [0.4, 0.5) is 10.1 Å². The van der Waals surface area contributed by atoms with Crippen LogP contribution in [0.3, 0.4) is 0 Å². The van der Waals surface area contributed by atoms with E-state index in [2.05, 4.69) is 15.5 Å². The Hall–Kier alpha value is -3.55. The maximum absolute atomic E-state index is 13.0. The van der Waals surface area contributed by atoms with Crippen molar-refractivity contribution in [3.63, 3.8) is 0 Å². The summed E-state index contributed by atoms with van der Waals surface area (Å²) < 4.78 is 18.1. The number of nitrogens with zero attached hydrogens (tertiary/aromatic N) is 3. The van der Waals surface area contributed by atoms with Crippen molar-refractivity contribution in [1.29, 1.82) is 0 Å². The first-order chi connectivity index (χ1) is 14.9. The van der Waals surface area contributed by atoms with Crippen molar-refractivity contribution in [1.82, 2.24) is 15.0 Å². The van der Waals surface area contributed by atoms with E-state index in [1.165, 1.54) is 24.3 Å². The molecule has 0 saturated carbocycles. The third kappa shape index (κ3) is 4.47. The number of carbonyl (C=O) groups excluding carboxylic acids is 2. The maximum atomic E-state index is 13.0. The molecule has 0 radical (unpaired) electrons. The Labute approximate surface area is 179 Å². The topological polar surface area (TPSA) is 88.3 Å². The van der Waals surface area contributed by atoms with E-state index in [4.69, 9.17) is 4.52 Å². The zero-order valence-electron chi connectivity index (χ0n) is 17.4. The van der Waals surface area contributed by atoms with E-state index >= 15 is 0 Å². The van der Waals surface area contributed by atoms with E-state index in [-0.39, 0.29) is 23.5 Å². The summed E-state index contributed by atoms with van der Waals surface area (Å²) in [5, 5.41) is 6.59. The molecule has 1 aliphatic heterocycles. The number of anilines is 1. The molecule has 0 bridgehead atoms. The minimum absolute atomic E-state index is 0.0459. The van der Waals surface area contributed by atoms with Crippen molar-refractivity contribution in [3.05, 3.63) is 76.7 Å². The van der Waals surface area contributed by atoms with Crippen LogP contribution in [0.5, 0.6) is 0 Å². The smallest absolute Gasteiger partial charge is 0.259 e. The molecule has 8 heteroatoms. The highest BCUT2D eigenvalue weighted by Gasteiger charge is 2.28. The first kappa shape index (κ1) is 20.7. The Morgan fingerprint density at radius 1 is 1.10 bits per heavy atom. The molecule has 160 valence electrons. The summed E-state index contributed by atoms with van der Waals surface area (Å²) in [7, 11) is 0. The fourth-order valence-corrected chi connectivity index (χ4v) is 3.84. The van der Waals surface area contributed by atoms with Crippen molar-refractivity contribution in [2.75, 3.05) is 18.4 Å². The fourth-order valence-electron chi connectivity index (χ4n) is 3.84. The molecule has 0 unspecified atom stereocenters. The van der Waals surface area contributed by atoms with Crippen molar-refractivity contribution in [2.24, 2.45) is 0 Å². The maximum Gasteiger partial charge on any atom is 0.259 e. The lowest BCUT2D eigenvalue weighted by atomic mass is 9.92. The fraction of sp³-hybridized carbons (Fsp3) is 0.304. The second kappa shape index (κ2) is 8.67. The lowest BCUT2D eigenvalue weighted by Crippen LogP contribution is -2.38. The van der Waals surface area contributed by atoms with Gasteiger partial charge in [-0.1, -0.05) is 5.16 Å². The number of pyridine rings is 1. The summed E-state index contributed by atoms with van der Waals surface area (Å²) in [4.78, 5) is 31.5. The van der Waals surface area contributed by atoms with E-state index in [0.717, 1.165) is 18.5 Å². The Morgan fingerprint density at radius 2 is 1.81 bits per heavy atom. The molecule has 1 saturated heterocycles. The second-order valence-corrected chi connectivity index (χ2v) is 7.70. The molecular weight excluding hydrogens is 399 g/mol. The number of amides is 2. The SMILES string of the molecule is Cc1noc(C)c1C(=O)N1CCC(c2ccc(C(=O)Nc3ccc(F)cc3)cn2)CC1. The van der Waals surface area contributed by atoms with Crippen LogP contribution in [0.15, 0.2) is 47.1 Å². The Morgan fingerprint density at radius 3 is 2.39 bits per heavy atom. The third-order valence-corrected chi connectivity index (χ3v) is 5.60. The molecule has 3 aromatic rings. The van der Waals surface area contributed by atoms with E-state index in [1.54, 1.807) is 26.1 Å². The highest BCUT2D eigenvalue weighted by Crippen LogP contribution is 2.28. The van der Waals surface area contributed by atoms with Crippen LogP contribution >= 0.6 is 0 Å². The van der Waals surface area contributed by atoms with Crippen LogP contribution in [0, 0.1) is 19.7 Å². The molecule has 1 aromatic carbocycles. The molecule has 2 amide bonds. The van der Waals surface area contributed by atoms with Gasteiger partial charge in [-0.3, -0.25) is 14.6 Å². The third-order valence-electron chi connectivity index (χ3n) is 5.60. The van der Waals surface area contributed by atoms with Gasteiger partial charge in [0, 0.05) is 36.6 Å². The molecule has 1 aliphatic rings. The number of aromatic nitrogens is 2. The van der Waals surface area contributed by atoms with Gasteiger partial charge >= 0.3 is 0 Å². The zero-order valence-corrected chi connectivity index (χ0v) is 17.4. The summed E-state index contributed by atoms with van der Waals surface area (Å²) in [6.07, 6.45) is 3.14. The van der Waals surface area contributed by atoms with Gasteiger partial charge in [0.25, 0.3) is 11.8 Å². The van der Waals surface area contributed by atoms with Gasteiger partial charge in [0.2, 0.25) is 0 Å². The van der Waals surface area contributed by atoms with Gasteiger partial charge in [0.1, 0.15) is 17.1 Å². The van der Waals surface area contributed by atoms with E-state index in [0.29, 0.717) is 41.4 Å². The predicted octanol–water partition coefficient (Wildman–Crippen LogP) is 4.10. The lowest BCUT2D eigenvalue weighted by Gasteiger charge is -2.31. The van der Waals surface area contributed by atoms with Crippen LogP contribution in [0.1, 0.15) is 56.6 Å². The van der Waals surface area contributed by atoms with E-state index in [1.807, 2.05) is 11.0 Å². The summed E-state index contributed by atoms with van der Waals surface area (Å²) in [5.74, 6) is 0.0631. The van der Waals surface area contributed by atoms with Gasteiger partial charge in [-0.25, -0.2) is 4.39 Å². The first-order valence-electron chi connectivity index (χ1n) is 10.2. The van der Waals surface area contributed by atoms with E-state index in [9.17, 15) is 14.0 Å². The Balaban J connectivity index is 1.35. The molecule has 2 aromatic heterocycles. The van der Waals surface area contributed by atoms with Crippen molar-refractivity contribution in [2.45, 2.75) is 32.6 Å². The molecule has 1 N–H and O–H groups in total. The van der Waals surface area contributed by atoms with Crippen molar-refractivity contribution < 1.29 is 18.5 Å². The molecular formula is C23H23FN4O3. The standard InChI is InChI=1S/C23H23FN4O3/c1-14-21(15(2)31-27-14)23(30)28-11-9-16(10-12-28)20-8-3-17(13-25-20)22(29)26-19-6-4-18(24)5-7-19/h3-8,13,16H,9-12H2,1-2H3,(H,26,29). The van der Waals surface area contributed by atoms with Crippen LogP contribution in [0.25, 0.3) is 0 Å². The second-order valence-electron chi connectivity index (χ2n) is 7.70. The van der Waals surface area contributed by atoms with Crippen molar-refractivity contribution in [3.8, 4) is 0 Å². The number of hydrogen-bond acceptors (Lipinski definition) is 5. The number of nitrogens with one attached hydrogen (secondary N) is 1. The van der Waals surface area contributed by atoms with Crippen LogP contribution in [-0.2, 0) is 0 Å². The predicted molar refractivity (Wildman–Crippen MR) is 112 cm³/mol. The number of likely N-dealkylation sites (tertiary alicyclic amines) is 1. The van der Waals surface area contributed by atoms with Crippen LogP contribution in [0.2, 0.25) is 0 Å². The molecule has 31 heavy (non-hydrogen) atoms. The minimum Gasteiger partial charge on any atom is -0.361 e. The average Bonchev–Trinajstić information content (AvgIpc) is 3.13. The Bertz CT molecular complexity index is 1070. The summed E-state index contributed by atoms with van der Waals surface area (Å²) in [6.45, 7) is 4.77. The van der Waals surface area contributed by atoms with Crippen LogP contribution < -0.4 is 5.32 Å². The largest absolute Gasteiger partial charge is 0.361 e. The number of benzene rings is 1. The number of aryl methyl sites for hydroxylation is 2. The van der Waals surface area contributed by atoms with Gasteiger partial charge < -0.3 is 14.7 Å². The summed E-state index contributed by atoms with van der Waals surface area (Å²) in [5.41, 5.74) is 3.02. The molecule has 7 nitrogen and oxygen atoms in total. The van der Waals surface area contributed by atoms with Crippen LogP contribution in [-0.4, -0.2) is 39.9 Å². The molecule has 0 aliphatic carbocycles. The highest BCUT2D eigenvalue weighted by atomic mass is 19.1. The van der Waals surface area contributed by atoms with Gasteiger partial charge in [0.15, 0.2) is 0 Å². The number of carbonyl (C=O) groups is 2. The molecule has 4 rings (SSSR count). The normalized spacial score (nSPS) is 14.5. The molecule has 1 fully saturated rings. The van der Waals surface area contributed by atoms with Gasteiger partial charge in [-0.05, 0) is 63.1 Å². The highest BCUT2D eigenvalue weighted by molar-refractivity contribution is 6.04.